The Balaban J connectivity index is 0.00000192. The SMILES string of the molecule is Cl.O=C(NCC1CNCC1O)c1cc(=O)[nH]c2c(Br)cccc12. The number of pyridine rings is 1. The van der Waals surface area contributed by atoms with Gasteiger partial charge in [0.05, 0.1) is 17.2 Å². The number of fused-ring (bicyclic) bond motifs is 1. The quantitative estimate of drug-likeness (QED) is 0.617. The maximum absolute atomic E-state index is 12.4. The Labute approximate surface area is 147 Å². The number of rotatable bonds is 3. The fourth-order valence-corrected chi connectivity index (χ4v) is 3.14. The van der Waals surface area contributed by atoms with E-state index in [9.17, 15) is 14.7 Å². The Morgan fingerprint density at radius 2 is 2.17 bits per heavy atom. The number of aliphatic hydroxyl groups excluding tert-OH is 1. The molecule has 0 radical (unpaired) electrons. The number of hydrogen-bond donors (Lipinski definition) is 4. The zero-order valence-electron chi connectivity index (χ0n) is 12.1. The van der Waals surface area contributed by atoms with Crippen LogP contribution in [-0.2, 0) is 0 Å². The summed E-state index contributed by atoms with van der Waals surface area (Å²) in [5.74, 6) is -0.322. The predicted octanol–water partition coefficient (Wildman–Crippen LogP) is 1.02. The van der Waals surface area contributed by atoms with Crippen molar-refractivity contribution in [1.29, 1.82) is 0 Å². The standard InChI is InChI=1S/C15H16BrN3O3.ClH/c16-11-3-1-2-9-10(4-13(21)19-14(9)11)15(22)18-6-8-5-17-7-12(8)20;/h1-4,8,12,17,20H,5-7H2,(H,18,22)(H,19,21);1H. The zero-order chi connectivity index (χ0) is 15.7. The van der Waals surface area contributed by atoms with Crippen LogP contribution in [0.4, 0.5) is 0 Å². The molecular formula is C15H17BrClN3O3. The number of H-pyrrole nitrogens is 1. The Bertz CT molecular complexity index is 780. The van der Waals surface area contributed by atoms with Crippen molar-refractivity contribution < 1.29 is 9.90 Å². The Hall–Kier alpha value is -1.41. The van der Waals surface area contributed by atoms with E-state index < -0.39 is 6.10 Å². The maximum Gasteiger partial charge on any atom is 0.252 e. The summed E-state index contributed by atoms with van der Waals surface area (Å²) in [5, 5.41) is 16.3. The fraction of sp³-hybridized carbons (Fsp3) is 0.333. The molecule has 2 aromatic rings. The number of β-amino-alcohol motifs (C(OH)–C–C–N with tert-alkyl or cyclic N) is 1. The number of benzene rings is 1. The number of aromatic amines is 1. The number of amides is 1. The fourth-order valence-electron chi connectivity index (χ4n) is 2.68. The molecule has 1 aromatic carbocycles. The van der Waals surface area contributed by atoms with Gasteiger partial charge < -0.3 is 20.7 Å². The lowest BCUT2D eigenvalue weighted by atomic mass is 10.1. The van der Waals surface area contributed by atoms with Crippen LogP contribution in [0.3, 0.4) is 0 Å². The lowest BCUT2D eigenvalue weighted by molar-refractivity contribution is 0.0928. The van der Waals surface area contributed by atoms with Crippen molar-refractivity contribution in [2.45, 2.75) is 6.10 Å². The second-order valence-corrected chi connectivity index (χ2v) is 6.26. The van der Waals surface area contributed by atoms with Gasteiger partial charge in [0, 0.05) is 41.5 Å². The number of aromatic nitrogens is 1. The summed E-state index contributed by atoms with van der Waals surface area (Å²) in [4.78, 5) is 26.9. The molecule has 4 N–H and O–H groups in total. The van der Waals surface area contributed by atoms with Gasteiger partial charge in [0.2, 0.25) is 5.56 Å². The summed E-state index contributed by atoms with van der Waals surface area (Å²) in [6, 6.07) is 6.71. The highest BCUT2D eigenvalue weighted by Crippen LogP contribution is 2.23. The number of aliphatic hydroxyl groups is 1. The van der Waals surface area contributed by atoms with Gasteiger partial charge in [0.1, 0.15) is 0 Å². The van der Waals surface area contributed by atoms with Crippen LogP contribution in [-0.4, -0.2) is 41.7 Å². The van der Waals surface area contributed by atoms with Crippen molar-refractivity contribution in [2.75, 3.05) is 19.6 Å². The minimum absolute atomic E-state index is 0. The normalized spacial score (nSPS) is 20.3. The molecule has 0 aliphatic carbocycles. The van der Waals surface area contributed by atoms with E-state index >= 15 is 0 Å². The van der Waals surface area contributed by atoms with Gasteiger partial charge in [-0.1, -0.05) is 12.1 Å². The van der Waals surface area contributed by atoms with Gasteiger partial charge in [-0.15, -0.1) is 12.4 Å². The molecular weight excluding hydrogens is 386 g/mol. The van der Waals surface area contributed by atoms with E-state index in [0.717, 1.165) is 4.47 Å². The highest BCUT2D eigenvalue weighted by atomic mass is 79.9. The van der Waals surface area contributed by atoms with E-state index in [4.69, 9.17) is 0 Å². The first-order valence-electron chi connectivity index (χ1n) is 7.05. The highest BCUT2D eigenvalue weighted by Gasteiger charge is 2.25. The summed E-state index contributed by atoms with van der Waals surface area (Å²) < 4.78 is 0.729. The largest absolute Gasteiger partial charge is 0.391 e. The molecule has 2 heterocycles. The average molecular weight is 403 g/mol. The molecule has 6 nitrogen and oxygen atoms in total. The summed E-state index contributed by atoms with van der Waals surface area (Å²) in [6.07, 6.45) is -0.453. The minimum Gasteiger partial charge on any atom is -0.391 e. The molecule has 1 fully saturated rings. The molecule has 0 bridgehead atoms. The van der Waals surface area contributed by atoms with E-state index in [-0.39, 0.29) is 29.8 Å². The first kappa shape index (κ1) is 17.9. The van der Waals surface area contributed by atoms with Crippen LogP contribution in [0.25, 0.3) is 10.9 Å². The van der Waals surface area contributed by atoms with Gasteiger partial charge in [0.25, 0.3) is 5.91 Å². The van der Waals surface area contributed by atoms with Crippen molar-refractivity contribution in [3.63, 3.8) is 0 Å². The number of nitrogens with one attached hydrogen (secondary N) is 3. The van der Waals surface area contributed by atoms with Gasteiger partial charge in [-0.2, -0.15) is 0 Å². The third-order valence-corrected chi connectivity index (χ3v) is 4.56. The predicted molar refractivity (Wildman–Crippen MR) is 94.2 cm³/mol. The van der Waals surface area contributed by atoms with Crippen LogP contribution >= 0.6 is 28.3 Å². The Morgan fingerprint density at radius 1 is 1.39 bits per heavy atom. The van der Waals surface area contributed by atoms with Gasteiger partial charge in [-0.25, -0.2) is 0 Å². The molecule has 1 aliphatic rings. The lowest BCUT2D eigenvalue weighted by Crippen LogP contribution is -2.34. The van der Waals surface area contributed by atoms with Crippen molar-refractivity contribution in [3.05, 3.63) is 44.7 Å². The van der Waals surface area contributed by atoms with E-state index in [0.29, 0.717) is 36.1 Å². The number of carbonyl (C=O) groups is 1. The van der Waals surface area contributed by atoms with Crippen LogP contribution in [0.5, 0.6) is 0 Å². The first-order valence-corrected chi connectivity index (χ1v) is 7.84. The van der Waals surface area contributed by atoms with Crippen molar-refractivity contribution in [1.82, 2.24) is 15.6 Å². The van der Waals surface area contributed by atoms with Crippen LogP contribution in [0.15, 0.2) is 33.5 Å². The number of halogens is 2. The summed E-state index contributed by atoms with van der Waals surface area (Å²) in [7, 11) is 0. The molecule has 1 aromatic heterocycles. The highest BCUT2D eigenvalue weighted by molar-refractivity contribution is 9.10. The monoisotopic (exact) mass is 401 g/mol. The van der Waals surface area contributed by atoms with E-state index in [1.54, 1.807) is 12.1 Å². The Morgan fingerprint density at radius 3 is 2.87 bits per heavy atom. The maximum atomic E-state index is 12.4. The molecule has 23 heavy (non-hydrogen) atoms. The van der Waals surface area contributed by atoms with Crippen LogP contribution in [0.2, 0.25) is 0 Å². The number of hydrogen-bond acceptors (Lipinski definition) is 4. The van der Waals surface area contributed by atoms with Gasteiger partial charge >= 0.3 is 0 Å². The van der Waals surface area contributed by atoms with Crippen molar-refractivity contribution in [3.8, 4) is 0 Å². The molecule has 1 aliphatic heterocycles. The summed E-state index contributed by atoms with van der Waals surface area (Å²) in [5.41, 5.74) is 0.607. The van der Waals surface area contributed by atoms with Gasteiger partial charge in [0.15, 0.2) is 0 Å². The lowest BCUT2D eigenvalue weighted by Gasteiger charge is -2.14. The molecule has 0 saturated carbocycles. The van der Waals surface area contributed by atoms with Crippen molar-refractivity contribution in [2.24, 2.45) is 5.92 Å². The zero-order valence-corrected chi connectivity index (χ0v) is 14.5. The molecule has 124 valence electrons. The molecule has 2 unspecified atom stereocenters. The second-order valence-electron chi connectivity index (χ2n) is 5.41. The summed E-state index contributed by atoms with van der Waals surface area (Å²) in [6.45, 7) is 1.58. The third kappa shape index (κ3) is 3.74. The van der Waals surface area contributed by atoms with Crippen LogP contribution < -0.4 is 16.2 Å². The van der Waals surface area contributed by atoms with Crippen LogP contribution in [0.1, 0.15) is 10.4 Å². The summed E-state index contributed by atoms with van der Waals surface area (Å²) >= 11 is 3.37. The van der Waals surface area contributed by atoms with Gasteiger partial charge in [-0.3, -0.25) is 9.59 Å². The van der Waals surface area contributed by atoms with E-state index in [1.165, 1.54) is 6.07 Å². The Kier molecular flexibility index (Phi) is 5.80. The molecule has 8 heteroatoms. The first-order chi connectivity index (χ1) is 10.6. The van der Waals surface area contributed by atoms with Gasteiger partial charge in [-0.05, 0) is 22.0 Å². The number of carbonyl (C=O) groups excluding carboxylic acids is 1. The smallest absolute Gasteiger partial charge is 0.252 e. The topological polar surface area (TPSA) is 94.2 Å². The number of para-hydroxylation sites is 1. The molecule has 0 spiro atoms. The van der Waals surface area contributed by atoms with E-state index in [2.05, 4.69) is 31.5 Å². The molecule has 2 atom stereocenters. The molecule has 1 amide bonds. The second kappa shape index (κ2) is 7.44. The average Bonchev–Trinajstić information content (AvgIpc) is 2.90. The minimum atomic E-state index is -0.453. The third-order valence-electron chi connectivity index (χ3n) is 3.90. The molecule has 3 rings (SSSR count). The molecule has 1 saturated heterocycles. The van der Waals surface area contributed by atoms with E-state index in [1.807, 2.05) is 6.07 Å². The van der Waals surface area contributed by atoms with Crippen molar-refractivity contribution >= 4 is 45.1 Å². The van der Waals surface area contributed by atoms with Crippen LogP contribution in [0, 0.1) is 5.92 Å².